The lowest BCUT2D eigenvalue weighted by molar-refractivity contribution is 0.102. The molecule has 134 valence electrons. The summed E-state index contributed by atoms with van der Waals surface area (Å²) in [5.41, 5.74) is 2.06. The second kappa shape index (κ2) is 7.93. The van der Waals surface area contributed by atoms with Crippen LogP contribution in [0.4, 0.5) is 5.69 Å². The molecule has 0 radical (unpaired) electrons. The Bertz CT molecular complexity index is 893. The molecule has 0 fully saturated rings. The lowest BCUT2D eigenvalue weighted by atomic mass is 10.1. The van der Waals surface area contributed by atoms with E-state index < -0.39 is 0 Å². The van der Waals surface area contributed by atoms with Gasteiger partial charge >= 0.3 is 0 Å². The van der Waals surface area contributed by atoms with Gasteiger partial charge in [0.1, 0.15) is 11.5 Å². The van der Waals surface area contributed by atoms with Crippen LogP contribution in [-0.4, -0.2) is 29.9 Å². The molecule has 0 bridgehead atoms. The molecule has 1 heterocycles. The molecule has 1 N–H and O–H groups in total. The Balaban J connectivity index is 1.74. The molecule has 7 heteroatoms. The predicted molar refractivity (Wildman–Crippen MR) is 100 cm³/mol. The summed E-state index contributed by atoms with van der Waals surface area (Å²) in [7, 11) is 3.03. The molecule has 3 aromatic rings. The fraction of sp³-hybridized carbons (Fsp3) is 0.158. The fourth-order valence-corrected chi connectivity index (χ4v) is 2.74. The lowest BCUT2D eigenvalue weighted by Gasteiger charge is -2.13. The third-order valence-corrected chi connectivity index (χ3v) is 4.14. The molecule has 6 nitrogen and oxygen atoms in total. The van der Waals surface area contributed by atoms with Crippen LogP contribution in [0.25, 0.3) is 0 Å². The number of halogens is 1. The molecule has 1 amide bonds. The van der Waals surface area contributed by atoms with Gasteiger partial charge in [-0.2, -0.15) is 5.10 Å². The summed E-state index contributed by atoms with van der Waals surface area (Å²) in [6.45, 7) is 0.650. The van der Waals surface area contributed by atoms with E-state index in [9.17, 15) is 4.79 Å². The van der Waals surface area contributed by atoms with E-state index in [0.29, 0.717) is 34.3 Å². The number of aromatic nitrogens is 2. The van der Waals surface area contributed by atoms with Crippen molar-refractivity contribution in [3.63, 3.8) is 0 Å². The number of hydrogen-bond acceptors (Lipinski definition) is 4. The fourth-order valence-electron chi connectivity index (χ4n) is 2.49. The number of ether oxygens (including phenoxy) is 2. The lowest BCUT2D eigenvalue weighted by Crippen LogP contribution is -2.13. The molecule has 1 aromatic heterocycles. The molecule has 26 heavy (non-hydrogen) atoms. The number of hydrogen-bond donors (Lipinski definition) is 1. The van der Waals surface area contributed by atoms with Crippen LogP contribution in [0.5, 0.6) is 11.5 Å². The Labute approximate surface area is 156 Å². The van der Waals surface area contributed by atoms with Gasteiger partial charge in [0.25, 0.3) is 5.91 Å². The highest BCUT2D eigenvalue weighted by molar-refractivity contribution is 6.32. The molecule has 0 spiro atoms. The minimum atomic E-state index is -0.254. The molecule has 0 aliphatic carbocycles. The van der Waals surface area contributed by atoms with Crippen LogP contribution in [0, 0.1) is 0 Å². The van der Waals surface area contributed by atoms with E-state index in [1.807, 2.05) is 29.1 Å². The monoisotopic (exact) mass is 371 g/mol. The molecule has 0 saturated carbocycles. The van der Waals surface area contributed by atoms with Crippen molar-refractivity contribution < 1.29 is 14.3 Å². The van der Waals surface area contributed by atoms with Crippen molar-refractivity contribution in [1.29, 1.82) is 0 Å². The van der Waals surface area contributed by atoms with Gasteiger partial charge < -0.3 is 14.8 Å². The van der Waals surface area contributed by atoms with Gasteiger partial charge in [0, 0.05) is 24.0 Å². The number of benzene rings is 2. The first-order valence-electron chi connectivity index (χ1n) is 7.90. The smallest absolute Gasteiger partial charge is 0.255 e. The van der Waals surface area contributed by atoms with E-state index in [4.69, 9.17) is 21.1 Å². The van der Waals surface area contributed by atoms with Crippen LogP contribution in [-0.2, 0) is 6.54 Å². The number of carbonyl (C=O) groups excluding carboxylic acids is 1. The Kier molecular flexibility index (Phi) is 5.43. The molecule has 0 saturated heterocycles. The van der Waals surface area contributed by atoms with Crippen LogP contribution in [0.1, 0.15) is 15.9 Å². The van der Waals surface area contributed by atoms with E-state index in [1.165, 1.54) is 14.2 Å². The van der Waals surface area contributed by atoms with Crippen LogP contribution < -0.4 is 14.8 Å². The maximum Gasteiger partial charge on any atom is 0.255 e. The van der Waals surface area contributed by atoms with Crippen LogP contribution in [0.3, 0.4) is 0 Å². The Morgan fingerprint density at radius 3 is 2.50 bits per heavy atom. The van der Waals surface area contributed by atoms with Crippen molar-refractivity contribution in [1.82, 2.24) is 9.78 Å². The van der Waals surface area contributed by atoms with Crippen molar-refractivity contribution in [3.8, 4) is 11.5 Å². The van der Waals surface area contributed by atoms with E-state index in [1.54, 1.807) is 30.5 Å². The van der Waals surface area contributed by atoms with Crippen LogP contribution in [0.2, 0.25) is 5.02 Å². The Hall–Kier alpha value is -2.99. The standard InChI is InChI=1S/C19H18ClN3O3/c1-25-17-11-18(26-2)16(10-15(17)20)22-19(24)14-6-4-13(5-7-14)12-23-9-3-8-21-23/h3-11H,12H2,1-2H3,(H,22,24). The molecule has 2 aromatic carbocycles. The van der Waals surface area contributed by atoms with Gasteiger partial charge in [0.15, 0.2) is 0 Å². The molecule has 0 aliphatic heterocycles. The second-order valence-corrected chi connectivity index (χ2v) is 5.95. The predicted octanol–water partition coefficient (Wildman–Crippen LogP) is 3.85. The van der Waals surface area contributed by atoms with Crippen molar-refractivity contribution in [2.24, 2.45) is 0 Å². The highest BCUT2D eigenvalue weighted by Crippen LogP contribution is 2.36. The molecular formula is C19H18ClN3O3. The summed E-state index contributed by atoms with van der Waals surface area (Å²) in [6.07, 6.45) is 3.62. The third kappa shape index (κ3) is 3.97. The topological polar surface area (TPSA) is 65.4 Å². The number of nitrogens with one attached hydrogen (secondary N) is 1. The normalized spacial score (nSPS) is 10.4. The summed E-state index contributed by atoms with van der Waals surface area (Å²) < 4.78 is 12.3. The SMILES string of the molecule is COc1cc(OC)c(NC(=O)c2ccc(Cn3cccn3)cc2)cc1Cl. The van der Waals surface area contributed by atoms with Crippen molar-refractivity contribution >= 4 is 23.2 Å². The third-order valence-electron chi connectivity index (χ3n) is 3.84. The maximum absolute atomic E-state index is 12.5. The first-order chi connectivity index (χ1) is 12.6. The van der Waals surface area contributed by atoms with Gasteiger partial charge in [-0.3, -0.25) is 9.48 Å². The minimum Gasteiger partial charge on any atom is -0.495 e. The minimum absolute atomic E-state index is 0.254. The molecule has 3 rings (SSSR count). The van der Waals surface area contributed by atoms with Crippen LogP contribution in [0.15, 0.2) is 54.9 Å². The zero-order valence-electron chi connectivity index (χ0n) is 14.4. The van der Waals surface area contributed by atoms with Gasteiger partial charge in [-0.25, -0.2) is 0 Å². The largest absolute Gasteiger partial charge is 0.495 e. The van der Waals surface area contributed by atoms with Crippen molar-refractivity contribution in [3.05, 3.63) is 71.0 Å². The van der Waals surface area contributed by atoms with Crippen LogP contribution >= 0.6 is 11.6 Å². The average Bonchev–Trinajstić information content (AvgIpc) is 3.15. The quantitative estimate of drug-likeness (QED) is 0.714. The number of nitrogens with zero attached hydrogens (tertiary/aromatic N) is 2. The van der Waals surface area contributed by atoms with Crippen molar-refractivity contribution in [2.45, 2.75) is 6.54 Å². The maximum atomic E-state index is 12.5. The van der Waals surface area contributed by atoms with E-state index in [2.05, 4.69) is 10.4 Å². The number of anilines is 1. The van der Waals surface area contributed by atoms with E-state index in [-0.39, 0.29) is 5.91 Å². The first kappa shape index (κ1) is 17.8. The molecular weight excluding hydrogens is 354 g/mol. The number of carbonyl (C=O) groups is 1. The summed E-state index contributed by atoms with van der Waals surface area (Å²) >= 11 is 6.14. The molecule has 0 atom stereocenters. The van der Waals surface area contributed by atoms with Gasteiger partial charge in [-0.05, 0) is 29.8 Å². The zero-order chi connectivity index (χ0) is 18.5. The highest BCUT2D eigenvalue weighted by atomic mass is 35.5. The summed E-state index contributed by atoms with van der Waals surface area (Å²) in [4.78, 5) is 12.5. The van der Waals surface area contributed by atoms with E-state index >= 15 is 0 Å². The summed E-state index contributed by atoms with van der Waals surface area (Å²) in [6, 6.07) is 12.4. The summed E-state index contributed by atoms with van der Waals surface area (Å²) in [5.74, 6) is 0.689. The number of methoxy groups -OCH3 is 2. The van der Waals surface area contributed by atoms with Crippen molar-refractivity contribution in [2.75, 3.05) is 19.5 Å². The van der Waals surface area contributed by atoms with Gasteiger partial charge in [-0.1, -0.05) is 23.7 Å². The second-order valence-electron chi connectivity index (χ2n) is 5.54. The average molecular weight is 372 g/mol. The van der Waals surface area contributed by atoms with Gasteiger partial charge in [0.05, 0.1) is 31.5 Å². The van der Waals surface area contributed by atoms with Gasteiger partial charge in [-0.15, -0.1) is 0 Å². The molecule has 0 unspecified atom stereocenters. The van der Waals surface area contributed by atoms with E-state index in [0.717, 1.165) is 5.56 Å². The Morgan fingerprint density at radius 2 is 1.88 bits per heavy atom. The number of amides is 1. The number of rotatable bonds is 6. The zero-order valence-corrected chi connectivity index (χ0v) is 15.2. The Morgan fingerprint density at radius 1 is 1.15 bits per heavy atom. The van der Waals surface area contributed by atoms with Gasteiger partial charge in [0.2, 0.25) is 0 Å². The molecule has 0 aliphatic rings. The highest BCUT2D eigenvalue weighted by Gasteiger charge is 2.13. The summed E-state index contributed by atoms with van der Waals surface area (Å²) in [5, 5.41) is 7.37. The first-order valence-corrected chi connectivity index (χ1v) is 8.27.